The van der Waals surface area contributed by atoms with E-state index in [9.17, 15) is 25.4 Å². The molecule has 148 valence electrons. The number of rotatable bonds is 9. The summed E-state index contributed by atoms with van der Waals surface area (Å²) >= 11 is 0. The van der Waals surface area contributed by atoms with E-state index in [-0.39, 0.29) is 11.4 Å². The molecule has 0 aliphatic heterocycles. The van der Waals surface area contributed by atoms with Crippen molar-refractivity contribution in [2.24, 2.45) is 5.92 Å². The van der Waals surface area contributed by atoms with E-state index >= 15 is 0 Å². The first-order valence-corrected chi connectivity index (χ1v) is 9.01. The fourth-order valence-corrected chi connectivity index (χ4v) is 3.05. The smallest absolute Gasteiger partial charge is 0.269 e. The molecule has 0 radical (unpaired) electrons. The van der Waals surface area contributed by atoms with Crippen molar-refractivity contribution in [3.63, 3.8) is 0 Å². The first-order valence-electron chi connectivity index (χ1n) is 9.01. The summed E-state index contributed by atoms with van der Waals surface area (Å²) in [5, 5.41) is 41.4. The molecule has 2 aromatic rings. The quantitative estimate of drug-likeness (QED) is 0.339. The third kappa shape index (κ3) is 5.77. The molecule has 0 saturated carbocycles. The summed E-state index contributed by atoms with van der Waals surface area (Å²) in [7, 11) is 0. The summed E-state index contributed by atoms with van der Waals surface area (Å²) in [6, 6.07) is 12.5. The van der Waals surface area contributed by atoms with Gasteiger partial charge in [0.15, 0.2) is 0 Å². The van der Waals surface area contributed by atoms with Crippen LogP contribution in [0.5, 0.6) is 5.75 Å². The molecule has 0 bridgehead atoms. The molecule has 0 amide bonds. The van der Waals surface area contributed by atoms with Crippen LogP contribution in [0.15, 0.2) is 66.8 Å². The molecule has 0 heterocycles. The second-order valence-electron chi connectivity index (χ2n) is 6.80. The van der Waals surface area contributed by atoms with E-state index in [2.05, 4.69) is 6.58 Å². The monoisotopic (exact) mass is 383 g/mol. The van der Waals surface area contributed by atoms with Gasteiger partial charge in [-0.25, -0.2) is 0 Å². The Morgan fingerprint density at radius 2 is 1.89 bits per heavy atom. The van der Waals surface area contributed by atoms with Crippen LogP contribution in [0.25, 0.3) is 6.08 Å². The largest absolute Gasteiger partial charge is 0.508 e. The molecule has 6 heteroatoms. The first-order chi connectivity index (χ1) is 13.3. The number of aliphatic hydroxyl groups excluding tert-OH is 2. The second-order valence-corrected chi connectivity index (χ2v) is 6.80. The van der Waals surface area contributed by atoms with Crippen LogP contribution in [0, 0.1) is 16.0 Å². The molecule has 0 fully saturated rings. The van der Waals surface area contributed by atoms with Crippen molar-refractivity contribution in [3.05, 3.63) is 88.0 Å². The van der Waals surface area contributed by atoms with Gasteiger partial charge in [0.1, 0.15) is 5.75 Å². The van der Waals surface area contributed by atoms with Crippen LogP contribution in [0.4, 0.5) is 5.69 Å². The summed E-state index contributed by atoms with van der Waals surface area (Å²) < 4.78 is 0. The summed E-state index contributed by atoms with van der Waals surface area (Å²) in [5.74, 6) is -0.408. The Bertz CT molecular complexity index is 844. The van der Waals surface area contributed by atoms with Crippen molar-refractivity contribution in [1.29, 1.82) is 0 Å². The third-order valence-corrected chi connectivity index (χ3v) is 4.64. The van der Waals surface area contributed by atoms with Gasteiger partial charge in [-0.2, -0.15) is 0 Å². The van der Waals surface area contributed by atoms with Gasteiger partial charge in [0.25, 0.3) is 5.69 Å². The van der Waals surface area contributed by atoms with E-state index in [1.165, 1.54) is 30.3 Å². The molecule has 0 saturated heterocycles. The number of phenolic OH excluding ortho intramolecular Hbond substituents is 1. The third-order valence-electron chi connectivity index (χ3n) is 4.64. The lowest BCUT2D eigenvalue weighted by atomic mass is 9.88. The Labute approximate surface area is 164 Å². The van der Waals surface area contributed by atoms with Crippen molar-refractivity contribution < 1.29 is 20.2 Å². The van der Waals surface area contributed by atoms with Crippen molar-refractivity contribution >= 4 is 11.8 Å². The van der Waals surface area contributed by atoms with Crippen LogP contribution < -0.4 is 0 Å². The minimum absolute atomic E-state index is 0.0561. The molecule has 0 aliphatic carbocycles. The molecule has 0 aliphatic rings. The number of aliphatic hydroxyl groups is 2. The summed E-state index contributed by atoms with van der Waals surface area (Å²) in [4.78, 5) is 10.2. The van der Waals surface area contributed by atoms with Crippen LogP contribution >= 0.6 is 0 Å². The van der Waals surface area contributed by atoms with Crippen LogP contribution in [0.2, 0.25) is 0 Å². The molecule has 28 heavy (non-hydrogen) atoms. The molecular weight excluding hydrogens is 358 g/mol. The number of phenols is 1. The fourth-order valence-electron chi connectivity index (χ4n) is 3.05. The number of hydrogen-bond donors (Lipinski definition) is 3. The highest BCUT2D eigenvalue weighted by atomic mass is 16.6. The predicted octanol–water partition coefficient (Wildman–Crippen LogP) is 4.38. The van der Waals surface area contributed by atoms with Gasteiger partial charge in [0.05, 0.1) is 17.1 Å². The van der Waals surface area contributed by atoms with Gasteiger partial charge in [0.2, 0.25) is 0 Å². The SMILES string of the molecule is C=C[C@H]([C@H](O)CC/C(C)=C/c1cccc(O)c1)[C@H](O)c1ccc([N+](=O)[O-])cc1. The van der Waals surface area contributed by atoms with Crippen LogP contribution in [0.1, 0.15) is 37.0 Å². The molecule has 3 atom stereocenters. The molecule has 0 unspecified atom stereocenters. The molecule has 0 aromatic heterocycles. The van der Waals surface area contributed by atoms with Gasteiger partial charge in [-0.05, 0) is 55.2 Å². The maximum absolute atomic E-state index is 10.7. The molecule has 6 nitrogen and oxygen atoms in total. The molecular formula is C22H25NO5. The van der Waals surface area contributed by atoms with E-state index in [0.717, 1.165) is 11.1 Å². The highest BCUT2D eigenvalue weighted by molar-refractivity contribution is 5.54. The Kier molecular flexibility index (Phi) is 7.49. The van der Waals surface area contributed by atoms with Crippen LogP contribution in [-0.2, 0) is 0 Å². The van der Waals surface area contributed by atoms with Crippen molar-refractivity contribution in [1.82, 2.24) is 0 Å². The molecule has 2 aromatic carbocycles. The van der Waals surface area contributed by atoms with Gasteiger partial charge in [-0.15, -0.1) is 6.58 Å². The highest BCUT2D eigenvalue weighted by Gasteiger charge is 2.25. The Morgan fingerprint density at radius 3 is 2.46 bits per heavy atom. The Morgan fingerprint density at radius 1 is 1.21 bits per heavy atom. The van der Waals surface area contributed by atoms with Gasteiger partial charge in [0, 0.05) is 18.1 Å². The van der Waals surface area contributed by atoms with Crippen LogP contribution in [0.3, 0.4) is 0 Å². The summed E-state index contributed by atoms with van der Waals surface area (Å²) in [6.45, 7) is 5.65. The normalized spacial score (nSPS) is 14.9. The van der Waals surface area contributed by atoms with Gasteiger partial charge < -0.3 is 15.3 Å². The molecule has 3 N–H and O–H groups in total. The number of non-ortho nitro benzene ring substituents is 1. The number of nitrogens with zero attached hydrogens (tertiary/aromatic N) is 1. The van der Waals surface area contributed by atoms with E-state index in [1.54, 1.807) is 18.2 Å². The zero-order chi connectivity index (χ0) is 20.7. The minimum atomic E-state index is -1.01. The van der Waals surface area contributed by atoms with E-state index in [4.69, 9.17) is 0 Å². The first kappa shape index (κ1) is 21.3. The minimum Gasteiger partial charge on any atom is -0.508 e. The standard InChI is InChI=1S/C22H25NO5/c1-3-20(22(26)17-8-10-18(11-9-17)23(27)28)21(25)12-7-15(2)13-16-5-4-6-19(24)14-16/h3-6,8-11,13-14,20-22,24-26H,1,7,12H2,2H3/b15-13+/t20-,21-,22-/m1/s1. The predicted molar refractivity (Wildman–Crippen MR) is 109 cm³/mol. The lowest BCUT2D eigenvalue weighted by molar-refractivity contribution is -0.384. The second kappa shape index (κ2) is 9.82. The fraction of sp³-hybridized carbons (Fsp3) is 0.273. The lowest BCUT2D eigenvalue weighted by Gasteiger charge is -2.25. The van der Waals surface area contributed by atoms with Crippen molar-refractivity contribution in [2.45, 2.75) is 32.0 Å². The van der Waals surface area contributed by atoms with Crippen LogP contribution in [-0.4, -0.2) is 26.3 Å². The lowest BCUT2D eigenvalue weighted by Crippen LogP contribution is -2.25. The van der Waals surface area contributed by atoms with Gasteiger partial charge >= 0.3 is 0 Å². The number of aromatic hydroxyl groups is 1. The topological polar surface area (TPSA) is 104 Å². The molecule has 0 spiro atoms. The van der Waals surface area contributed by atoms with E-state index in [0.29, 0.717) is 18.4 Å². The number of allylic oxidation sites excluding steroid dienone is 1. The maximum atomic E-state index is 10.7. The Balaban J connectivity index is 2.01. The number of nitro benzene ring substituents is 1. The molecule has 2 rings (SSSR count). The van der Waals surface area contributed by atoms with Crippen molar-refractivity contribution in [3.8, 4) is 5.75 Å². The van der Waals surface area contributed by atoms with E-state index in [1.807, 2.05) is 19.1 Å². The highest BCUT2D eigenvalue weighted by Crippen LogP contribution is 2.29. The average Bonchev–Trinajstić information content (AvgIpc) is 2.67. The Hall–Kier alpha value is -2.96. The zero-order valence-corrected chi connectivity index (χ0v) is 15.7. The van der Waals surface area contributed by atoms with Gasteiger partial charge in [-0.1, -0.05) is 29.9 Å². The maximum Gasteiger partial charge on any atom is 0.269 e. The average molecular weight is 383 g/mol. The summed E-state index contributed by atoms with van der Waals surface area (Å²) in [5.41, 5.74) is 2.33. The van der Waals surface area contributed by atoms with Crippen molar-refractivity contribution in [2.75, 3.05) is 0 Å². The van der Waals surface area contributed by atoms with E-state index < -0.39 is 23.0 Å². The van der Waals surface area contributed by atoms with Gasteiger partial charge in [-0.3, -0.25) is 10.1 Å². The number of benzene rings is 2. The summed E-state index contributed by atoms with van der Waals surface area (Å²) in [6.07, 6.45) is 2.63. The number of hydrogen-bond acceptors (Lipinski definition) is 5. The zero-order valence-electron chi connectivity index (χ0n) is 15.7. The number of nitro groups is 1.